The van der Waals surface area contributed by atoms with Crippen molar-refractivity contribution in [3.05, 3.63) is 23.8 Å². The number of amides is 1. The van der Waals surface area contributed by atoms with Crippen molar-refractivity contribution >= 4 is 21.4 Å². The number of carbonyl (C=O) groups is 1. The van der Waals surface area contributed by atoms with Gasteiger partial charge in [-0.15, -0.1) is 0 Å². The molecule has 1 N–H and O–H groups in total. The summed E-state index contributed by atoms with van der Waals surface area (Å²) in [5.41, 5.74) is 1.11. The van der Waals surface area contributed by atoms with Crippen molar-refractivity contribution in [3.8, 4) is 0 Å². The number of benzene rings is 1. The molecule has 118 valence electrons. The van der Waals surface area contributed by atoms with Crippen molar-refractivity contribution in [2.24, 2.45) is 0 Å². The van der Waals surface area contributed by atoms with Crippen molar-refractivity contribution in [3.63, 3.8) is 0 Å². The van der Waals surface area contributed by atoms with E-state index in [2.05, 4.69) is 5.32 Å². The molecule has 7 heteroatoms. The van der Waals surface area contributed by atoms with Crippen LogP contribution in [0.1, 0.15) is 12.0 Å². The van der Waals surface area contributed by atoms with Crippen LogP contribution < -0.4 is 5.32 Å². The lowest BCUT2D eigenvalue weighted by Gasteiger charge is -2.09. The molecule has 0 atom stereocenters. The zero-order valence-corrected chi connectivity index (χ0v) is 13.3. The first-order valence-electron chi connectivity index (χ1n) is 6.52. The van der Waals surface area contributed by atoms with Gasteiger partial charge in [-0.25, -0.2) is 8.42 Å². The molecule has 21 heavy (non-hydrogen) atoms. The molecule has 0 saturated heterocycles. The molecule has 1 aromatic rings. The lowest BCUT2D eigenvalue weighted by molar-refractivity contribution is -0.117. The van der Waals surface area contributed by atoms with Gasteiger partial charge in [-0.3, -0.25) is 4.79 Å². The summed E-state index contributed by atoms with van der Waals surface area (Å²) >= 11 is 0. The summed E-state index contributed by atoms with van der Waals surface area (Å²) in [5, 5.41) is 2.66. The van der Waals surface area contributed by atoms with E-state index in [4.69, 9.17) is 9.47 Å². The van der Waals surface area contributed by atoms with E-state index in [9.17, 15) is 13.2 Å². The average Bonchev–Trinajstić information content (AvgIpc) is 2.39. The second-order valence-corrected chi connectivity index (χ2v) is 6.64. The summed E-state index contributed by atoms with van der Waals surface area (Å²) in [7, 11) is -1.73. The Labute approximate surface area is 125 Å². The second-order valence-electron chi connectivity index (χ2n) is 4.66. The van der Waals surface area contributed by atoms with Gasteiger partial charge in [0, 0.05) is 19.1 Å². The number of hydrogen-bond donors (Lipinski definition) is 1. The van der Waals surface area contributed by atoms with E-state index in [1.54, 1.807) is 26.2 Å². The van der Waals surface area contributed by atoms with Crippen molar-refractivity contribution in [2.45, 2.75) is 18.2 Å². The fraction of sp³-hybridized carbons (Fsp3) is 0.500. The van der Waals surface area contributed by atoms with E-state index in [1.165, 1.54) is 6.07 Å². The lowest BCUT2D eigenvalue weighted by atomic mass is 10.2. The van der Waals surface area contributed by atoms with Gasteiger partial charge in [0.1, 0.15) is 0 Å². The average molecular weight is 315 g/mol. The topological polar surface area (TPSA) is 81.7 Å². The van der Waals surface area contributed by atoms with Gasteiger partial charge in [0.2, 0.25) is 5.91 Å². The minimum Gasteiger partial charge on any atom is -0.382 e. The van der Waals surface area contributed by atoms with Crippen LogP contribution >= 0.6 is 0 Å². The molecular formula is C14H21NO5S. The van der Waals surface area contributed by atoms with E-state index in [0.29, 0.717) is 31.1 Å². The Morgan fingerprint density at radius 1 is 1.24 bits per heavy atom. The molecule has 0 aromatic heterocycles. The molecule has 0 aliphatic carbocycles. The van der Waals surface area contributed by atoms with E-state index < -0.39 is 9.84 Å². The van der Waals surface area contributed by atoms with Crippen LogP contribution in [0, 0.1) is 6.92 Å². The van der Waals surface area contributed by atoms with Crippen LogP contribution in [0.3, 0.4) is 0 Å². The normalized spacial score (nSPS) is 11.4. The largest absolute Gasteiger partial charge is 0.382 e. The van der Waals surface area contributed by atoms with Gasteiger partial charge in [-0.1, -0.05) is 6.07 Å². The molecule has 0 spiro atoms. The SMILES string of the molecule is COCCOCCC(=O)Nc1ccc(C)c(S(C)(=O)=O)c1. The first-order valence-corrected chi connectivity index (χ1v) is 8.41. The number of ether oxygens (including phenoxy) is 2. The lowest BCUT2D eigenvalue weighted by Crippen LogP contribution is -2.15. The van der Waals surface area contributed by atoms with Crippen LogP contribution in [0.25, 0.3) is 0 Å². The molecule has 1 amide bonds. The molecule has 0 aliphatic rings. The fourth-order valence-electron chi connectivity index (χ4n) is 1.71. The predicted octanol–water partition coefficient (Wildman–Crippen LogP) is 1.39. The molecule has 1 aromatic carbocycles. The Morgan fingerprint density at radius 2 is 1.95 bits per heavy atom. The van der Waals surface area contributed by atoms with Crippen LogP contribution in [0.15, 0.2) is 23.1 Å². The molecule has 0 bridgehead atoms. The number of rotatable bonds is 8. The minimum absolute atomic E-state index is 0.200. The third kappa shape index (κ3) is 6.24. The van der Waals surface area contributed by atoms with E-state index in [1.807, 2.05) is 0 Å². The van der Waals surface area contributed by atoms with Gasteiger partial charge in [0.05, 0.1) is 31.1 Å². The van der Waals surface area contributed by atoms with Crippen LogP contribution in [0.2, 0.25) is 0 Å². The quantitative estimate of drug-likeness (QED) is 0.733. The van der Waals surface area contributed by atoms with Crippen LogP contribution in [-0.4, -0.2) is 47.5 Å². The Kier molecular flexibility index (Phi) is 6.80. The van der Waals surface area contributed by atoms with Crippen molar-refractivity contribution in [1.29, 1.82) is 0 Å². The Bertz CT molecular complexity index is 583. The van der Waals surface area contributed by atoms with Gasteiger partial charge in [-0.05, 0) is 24.6 Å². The maximum absolute atomic E-state index is 11.7. The summed E-state index contributed by atoms with van der Waals surface area (Å²) in [4.78, 5) is 11.9. The van der Waals surface area contributed by atoms with E-state index >= 15 is 0 Å². The standard InChI is InChI=1S/C14H21NO5S/c1-11-4-5-12(10-13(11)21(3,17)18)15-14(16)6-7-20-9-8-19-2/h4-5,10H,6-9H2,1-3H3,(H,15,16). The highest BCUT2D eigenvalue weighted by atomic mass is 32.2. The summed E-state index contributed by atoms with van der Waals surface area (Å²) in [5.74, 6) is -0.226. The monoisotopic (exact) mass is 315 g/mol. The van der Waals surface area contributed by atoms with Crippen LogP contribution in [-0.2, 0) is 24.1 Å². The molecule has 0 heterocycles. The molecule has 6 nitrogen and oxygen atoms in total. The van der Waals surface area contributed by atoms with Gasteiger partial charge in [0.25, 0.3) is 0 Å². The minimum atomic E-state index is -3.31. The first-order chi connectivity index (χ1) is 9.84. The Morgan fingerprint density at radius 3 is 2.57 bits per heavy atom. The summed E-state index contributed by atoms with van der Waals surface area (Å²) in [6, 6.07) is 4.81. The zero-order valence-electron chi connectivity index (χ0n) is 12.5. The van der Waals surface area contributed by atoms with Crippen LogP contribution in [0.4, 0.5) is 5.69 Å². The molecule has 1 rings (SSSR count). The second kappa shape index (κ2) is 8.11. The number of nitrogens with one attached hydrogen (secondary N) is 1. The first kappa shape index (κ1) is 17.6. The maximum Gasteiger partial charge on any atom is 0.226 e. The maximum atomic E-state index is 11.7. The molecular weight excluding hydrogens is 294 g/mol. The zero-order chi connectivity index (χ0) is 15.9. The Hall–Kier alpha value is -1.44. The number of methoxy groups -OCH3 is 1. The molecule has 0 fully saturated rings. The number of anilines is 1. The number of aryl methyl sites for hydroxylation is 1. The highest BCUT2D eigenvalue weighted by Crippen LogP contribution is 2.20. The van der Waals surface area contributed by atoms with Crippen molar-refractivity contribution in [2.75, 3.05) is 38.5 Å². The molecule has 0 saturated carbocycles. The molecule has 0 radical (unpaired) electrons. The fourth-order valence-corrected chi connectivity index (χ4v) is 2.70. The Balaban J connectivity index is 2.57. The van der Waals surface area contributed by atoms with Gasteiger partial charge >= 0.3 is 0 Å². The third-order valence-corrected chi connectivity index (χ3v) is 4.02. The highest BCUT2D eigenvalue weighted by Gasteiger charge is 2.12. The van der Waals surface area contributed by atoms with Gasteiger partial charge in [-0.2, -0.15) is 0 Å². The number of hydrogen-bond acceptors (Lipinski definition) is 5. The van der Waals surface area contributed by atoms with Crippen molar-refractivity contribution < 1.29 is 22.7 Å². The van der Waals surface area contributed by atoms with Crippen LogP contribution in [0.5, 0.6) is 0 Å². The number of carbonyl (C=O) groups excluding carboxylic acids is 1. The third-order valence-electron chi connectivity index (χ3n) is 2.78. The van der Waals surface area contributed by atoms with Gasteiger partial charge in [0.15, 0.2) is 9.84 Å². The predicted molar refractivity (Wildman–Crippen MR) is 80.2 cm³/mol. The summed E-state index contributed by atoms with van der Waals surface area (Å²) in [6.07, 6.45) is 1.34. The smallest absolute Gasteiger partial charge is 0.226 e. The summed E-state index contributed by atoms with van der Waals surface area (Å²) < 4.78 is 33.3. The molecule has 0 unspecified atom stereocenters. The van der Waals surface area contributed by atoms with Crippen molar-refractivity contribution in [1.82, 2.24) is 0 Å². The number of sulfone groups is 1. The van der Waals surface area contributed by atoms with Gasteiger partial charge < -0.3 is 14.8 Å². The summed E-state index contributed by atoms with van der Waals surface area (Å²) in [6.45, 7) is 2.93. The van der Waals surface area contributed by atoms with E-state index in [0.717, 1.165) is 6.26 Å². The van der Waals surface area contributed by atoms with E-state index in [-0.39, 0.29) is 17.2 Å². The highest BCUT2D eigenvalue weighted by molar-refractivity contribution is 7.90. The molecule has 0 aliphatic heterocycles.